The molecule has 1 N–H and O–H groups in total. The Morgan fingerprint density at radius 1 is 1.06 bits per heavy atom. The maximum Gasteiger partial charge on any atom is 0.253 e. The molecule has 0 aliphatic heterocycles. The first-order valence-corrected chi connectivity index (χ1v) is 11.8. The molecule has 32 heavy (non-hydrogen) atoms. The van der Waals surface area contributed by atoms with Gasteiger partial charge in [0.15, 0.2) is 11.0 Å². The summed E-state index contributed by atoms with van der Waals surface area (Å²) in [7, 11) is 0. The van der Waals surface area contributed by atoms with E-state index >= 15 is 0 Å². The summed E-state index contributed by atoms with van der Waals surface area (Å²) in [4.78, 5) is 26.8. The summed E-state index contributed by atoms with van der Waals surface area (Å²) >= 11 is 7.41. The highest BCUT2D eigenvalue weighted by Crippen LogP contribution is 2.26. The third kappa shape index (κ3) is 5.69. The second-order valence-electron chi connectivity index (χ2n) is 6.96. The van der Waals surface area contributed by atoms with Gasteiger partial charge in [-0.3, -0.25) is 9.59 Å². The Morgan fingerprint density at radius 3 is 2.50 bits per heavy atom. The molecule has 0 unspecified atom stereocenters. The van der Waals surface area contributed by atoms with Crippen LogP contribution in [-0.2, 0) is 11.3 Å². The Bertz CT molecular complexity index is 1100. The number of aromatic nitrogens is 3. The zero-order valence-corrected chi connectivity index (χ0v) is 19.9. The lowest BCUT2D eigenvalue weighted by Gasteiger charge is -2.19. The number of nitrogens with one attached hydrogen (secondary N) is 1. The predicted molar refractivity (Wildman–Crippen MR) is 129 cm³/mol. The summed E-state index contributed by atoms with van der Waals surface area (Å²) in [6.07, 6.45) is 0. The summed E-state index contributed by atoms with van der Waals surface area (Å²) in [6.45, 7) is 7.82. The van der Waals surface area contributed by atoms with Crippen molar-refractivity contribution in [1.82, 2.24) is 19.7 Å². The van der Waals surface area contributed by atoms with E-state index in [2.05, 4.69) is 15.5 Å². The molecule has 168 valence electrons. The summed E-state index contributed by atoms with van der Waals surface area (Å²) < 4.78 is 1.95. The Balaban J connectivity index is 1.66. The van der Waals surface area contributed by atoms with Gasteiger partial charge < -0.3 is 14.8 Å². The summed E-state index contributed by atoms with van der Waals surface area (Å²) in [5, 5.41) is 12.7. The molecule has 0 atom stereocenters. The third-order valence-electron chi connectivity index (χ3n) is 4.89. The summed E-state index contributed by atoms with van der Waals surface area (Å²) in [5.74, 6) is 0.644. The van der Waals surface area contributed by atoms with Gasteiger partial charge in [-0.05, 0) is 51.1 Å². The standard InChI is InChI=1S/C23H26ClN5O2S/c1-4-28(5-2)22(31)17-10-8-12-19(14-17)25-20(30)15-32-23-27-26-21(29(23)6-3)16-9-7-11-18(24)13-16/h7-14H,4-6,15H2,1-3H3,(H,25,30). The largest absolute Gasteiger partial charge is 0.339 e. The first-order chi connectivity index (χ1) is 15.5. The number of thioether (sulfide) groups is 1. The molecule has 1 aromatic heterocycles. The third-order valence-corrected chi connectivity index (χ3v) is 6.09. The molecular weight excluding hydrogens is 446 g/mol. The van der Waals surface area contributed by atoms with E-state index in [0.29, 0.717) is 46.9 Å². The molecular formula is C23H26ClN5O2S. The van der Waals surface area contributed by atoms with E-state index < -0.39 is 0 Å². The second-order valence-corrected chi connectivity index (χ2v) is 8.33. The maximum absolute atomic E-state index is 12.5. The average Bonchev–Trinajstić information content (AvgIpc) is 3.21. The highest BCUT2D eigenvalue weighted by atomic mass is 35.5. The smallest absolute Gasteiger partial charge is 0.253 e. The van der Waals surface area contributed by atoms with Crippen LogP contribution in [0.5, 0.6) is 0 Å². The van der Waals surface area contributed by atoms with Crippen LogP contribution in [0.4, 0.5) is 5.69 Å². The molecule has 2 amide bonds. The molecule has 2 aromatic carbocycles. The Labute approximate surface area is 197 Å². The van der Waals surface area contributed by atoms with Crippen LogP contribution in [0.15, 0.2) is 53.7 Å². The molecule has 3 aromatic rings. The fraction of sp³-hybridized carbons (Fsp3) is 0.304. The highest BCUT2D eigenvalue weighted by molar-refractivity contribution is 7.99. The molecule has 9 heteroatoms. The lowest BCUT2D eigenvalue weighted by atomic mass is 10.1. The Kier molecular flexibility index (Phi) is 8.30. The van der Waals surface area contributed by atoms with Gasteiger partial charge in [-0.15, -0.1) is 10.2 Å². The zero-order chi connectivity index (χ0) is 23.1. The molecule has 0 radical (unpaired) electrons. The van der Waals surface area contributed by atoms with Crippen LogP contribution in [0.3, 0.4) is 0 Å². The maximum atomic E-state index is 12.5. The van der Waals surface area contributed by atoms with E-state index in [1.54, 1.807) is 29.2 Å². The van der Waals surface area contributed by atoms with Gasteiger partial charge in [0, 0.05) is 41.5 Å². The average molecular weight is 472 g/mol. The van der Waals surface area contributed by atoms with E-state index in [9.17, 15) is 9.59 Å². The Hall–Kier alpha value is -2.84. The monoisotopic (exact) mass is 471 g/mol. The van der Waals surface area contributed by atoms with Gasteiger partial charge in [0.1, 0.15) is 0 Å². The number of carbonyl (C=O) groups excluding carboxylic acids is 2. The van der Waals surface area contributed by atoms with Crippen molar-refractivity contribution in [2.24, 2.45) is 0 Å². The van der Waals surface area contributed by atoms with E-state index in [4.69, 9.17) is 11.6 Å². The van der Waals surface area contributed by atoms with Crippen molar-refractivity contribution in [1.29, 1.82) is 0 Å². The Morgan fingerprint density at radius 2 is 1.81 bits per heavy atom. The molecule has 0 aliphatic rings. The van der Waals surface area contributed by atoms with Crippen LogP contribution in [0.1, 0.15) is 31.1 Å². The minimum absolute atomic E-state index is 0.0509. The lowest BCUT2D eigenvalue weighted by Crippen LogP contribution is -2.30. The van der Waals surface area contributed by atoms with Gasteiger partial charge in [0.05, 0.1) is 5.75 Å². The van der Waals surface area contributed by atoms with Crippen molar-refractivity contribution in [2.75, 3.05) is 24.2 Å². The molecule has 0 fully saturated rings. The molecule has 1 heterocycles. The van der Waals surface area contributed by atoms with Crippen molar-refractivity contribution in [3.05, 3.63) is 59.1 Å². The molecule has 0 saturated carbocycles. The van der Waals surface area contributed by atoms with Gasteiger partial charge in [-0.1, -0.05) is 41.6 Å². The van der Waals surface area contributed by atoms with Crippen LogP contribution >= 0.6 is 23.4 Å². The fourth-order valence-electron chi connectivity index (χ4n) is 3.27. The first kappa shape index (κ1) is 23.8. The number of anilines is 1. The quantitative estimate of drug-likeness (QED) is 0.452. The second kappa shape index (κ2) is 11.2. The van der Waals surface area contributed by atoms with Crippen molar-refractivity contribution in [2.45, 2.75) is 32.5 Å². The normalized spacial score (nSPS) is 10.8. The fourth-order valence-corrected chi connectivity index (χ4v) is 4.26. The minimum atomic E-state index is -0.183. The van der Waals surface area contributed by atoms with Gasteiger partial charge in [0.2, 0.25) is 5.91 Å². The lowest BCUT2D eigenvalue weighted by molar-refractivity contribution is -0.113. The van der Waals surface area contributed by atoms with Crippen LogP contribution in [-0.4, -0.2) is 50.3 Å². The molecule has 0 saturated heterocycles. The minimum Gasteiger partial charge on any atom is -0.339 e. The first-order valence-electron chi connectivity index (χ1n) is 10.5. The SMILES string of the molecule is CCN(CC)C(=O)c1cccc(NC(=O)CSc2nnc(-c3cccc(Cl)c3)n2CC)c1. The number of hydrogen-bond acceptors (Lipinski definition) is 5. The zero-order valence-electron chi connectivity index (χ0n) is 18.3. The molecule has 3 rings (SSSR count). The van der Waals surface area contributed by atoms with Crippen molar-refractivity contribution in [3.63, 3.8) is 0 Å². The molecule has 7 nitrogen and oxygen atoms in total. The van der Waals surface area contributed by atoms with Gasteiger partial charge in [-0.2, -0.15) is 0 Å². The van der Waals surface area contributed by atoms with Crippen LogP contribution < -0.4 is 5.32 Å². The van der Waals surface area contributed by atoms with Crippen molar-refractivity contribution < 1.29 is 9.59 Å². The van der Waals surface area contributed by atoms with E-state index in [0.717, 1.165) is 5.56 Å². The molecule has 0 aliphatic carbocycles. The van der Waals surface area contributed by atoms with Crippen LogP contribution in [0.2, 0.25) is 5.02 Å². The number of carbonyl (C=O) groups is 2. The van der Waals surface area contributed by atoms with Gasteiger partial charge >= 0.3 is 0 Å². The predicted octanol–water partition coefficient (Wildman–Crippen LogP) is 4.83. The van der Waals surface area contributed by atoms with Gasteiger partial charge in [-0.25, -0.2) is 0 Å². The number of rotatable bonds is 9. The number of nitrogens with zero attached hydrogens (tertiary/aromatic N) is 4. The van der Waals surface area contributed by atoms with E-state index in [1.807, 2.05) is 49.6 Å². The number of amides is 2. The molecule has 0 spiro atoms. The van der Waals surface area contributed by atoms with E-state index in [-0.39, 0.29) is 17.6 Å². The highest BCUT2D eigenvalue weighted by Gasteiger charge is 2.16. The number of benzene rings is 2. The van der Waals surface area contributed by atoms with Crippen LogP contribution in [0, 0.1) is 0 Å². The van der Waals surface area contributed by atoms with Crippen molar-refractivity contribution >= 4 is 40.9 Å². The summed E-state index contributed by atoms with van der Waals surface area (Å²) in [6, 6.07) is 14.4. The molecule has 0 bridgehead atoms. The van der Waals surface area contributed by atoms with E-state index in [1.165, 1.54) is 11.8 Å². The van der Waals surface area contributed by atoms with Crippen molar-refractivity contribution in [3.8, 4) is 11.4 Å². The number of halogens is 1. The topological polar surface area (TPSA) is 80.1 Å². The van der Waals surface area contributed by atoms with Gasteiger partial charge in [0.25, 0.3) is 5.91 Å². The summed E-state index contributed by atoms with van der Waals surface area (Å²) in [5.41, 5.74) is 2.01. The van der Waals surface area contributed by atoms with Crippen LogP contribution in [0.25, 0.3) is 11.4 Å². The number of hydrogen-bond donors (Lipinski definition) is 1.